The Bertz CT molecular complexity index is 345. The Kier molecular flexibility index (Phi) is 8.43. The van der Waals surface area contributed by atoms with E-state index in [-0.39, 0.29) is 6.61 Å². The van der Waals surface area contributed by atoms with Crippen molar-refractivity contribution in [2.45, 2.75) is 59.8 Å². The maximum atomic E-state index is 11.4. The number of carbonyl (C=O) groups excluding carboxylic acids is 1. The van der Waals surface area contributed by atoms with Crippen molar-refractivity contribution < 1.29 is 9.90 Å². The zero-order valence-corrected chi connectivity index (χ0v) is 12.8. The molecule has 1 aliphatic rings. The zero-order chi connectivity index (χ0) is 14.9. The fourth-order valence-electron chi connectivity index (χ4n) is 2.71. The molecular formula is C17H28O2. The number of hydrogen-bond donors (Lipinski definition) is 1. The van der Waals surface area contributed by atoms with Crippen LogP contribution >= 0.6 is 0 Å². The van der Waals surface area contributed by atoms with E-state index in [0.717, 1.165) is 12.8 Å². The van der Waals surface area contributed by atoms with Crippen molar-refractivity contribution >= 4 is 5.78 Å². The van der Waals surface area contributed by atoms with E-state index in [4.69, 9.17) is 5.11 Å². The largest absolute Gasteiger partial charge is 0.384 e. The number of carbonyl (C=O) groups is 1. The molecule has 1 rings (SSSR count). The molecule has 0 saturated heterocycles. The van der Waals surface area contributed by atoms with Crippen LogP contribution < -0.4 is 0 Å². The Labute approximate surface area is 118 Å². The molecule has 0 aromatic carbocycles. The second-order valence-electron chi connectivity index (χ2n) is 5.82. The molecule has 0 spiro atoms. The van der Waals surface area contributed by atoms with Gasteiger partial charge in [-0.25, -0.2) is 0 Å². The smallest absolute Gasteiger partial charge is 0.132 e. The van der Waals surface area contributed by atoms with Gasteiger partial charge in [-0.2, -0.15) is 0 Å². The summed E-state index contributed by atoms with van der Waals surface area (Å²) in [6, 6.07) is 0. The van der Waals surface area contributed by atoms with Gasteiger partial charge in [-0.3, -0.25) is 4.79 Å². The highest BCUT2D eigenvalue weighted by Crippen LogP contribution is 2.43. The van der Waals surface area contributed by atoms with Gasteiger partial charge >= 0.3 is 0 Å². The molecule has 0 aromatic rings. The Hall–Kier alpha value is -1.07. The van der Waals surface area contributed by atoms with Gasteiger partial charge in [0.1, 0.15) is 12.4 Å². The summed E-state index contributed by atoms with van der Waals surface area (Å²) < 4.78 is 0. The molecule has 1 unspecified atom stereocenters. The summed E-state index contributed by atoms with van der Waals surface area (Å²) in [4.78, 5) is 11.4. The predicted molar refractivity (Wildman–Crippen MR) is 80.7 cm³/mol. The van der Waals surface area contributed by atoms with E-state index in [1.165, 1.54) is 18.4 Å². The van der Waals surface area contributed by atoms with E-state index < -0.39 is 0 Å². The van der Waals surface area contributed by atoms with E-state index in [1.807, 2.05) is 12.8 Å². The van der Waals surface area contributed by atoms with Gasteiger partial charge in [0.2, 0.25) is 0 Å². The topological polar surface area (TPSA) is 37.3 Å². The number of aliphatic hydroxyl groups excluding tert-OH is 1. The first-order chi connectivity index (χ1) is 8.88. The summed E-state index contributed by atoms with van der Waals surface area (Å²) in [7, 11) is 0. The van der Waals surface area contributed by atoms with Gasteiger partial charge in [-0.15, -0.1) is 6.42 Å². The molecule has 2 heteroatoms. The molecule has 0 bridgehead atoms. The molecular weight excluding hydrogens is 236 g/mol. The Morgan fingerprint density at radius 1 is 1.58 bits per heavy atom. The molecule has 1 atom stereocenters. The fraction of sp³-hybridized carbons (Fsp3) is 0.706. The summed E-state index contributed by atoms with van der Waals surface area (Å²) >= 11 is 0. The summed E-state index contributed by atoms with van der Waals surface area (Å²) in [6.07, 6.45) is 11.8. The third-order valence-electron chi connectivity index (χ3n) is 3.95. The van der Waals surface area contributed by atoms with Crippen molar-refractivity contribution in [3.05, 3.63) is 11.6 Å². The highest BCUT2D eigenvalue weighted by Gasteiger charge is 2.32. The standard InChI is InChI=1S/C14H24O.C3H4O/c1-5-12(15)8-9-13-11(2)7-6-10-14(13,3)4;1-2-3-4/h7,13H,5-6,8-10H2,1-4H3;1,4H,3H2. The molecule has 2 nitrogen and oxygen atoms in total. The monoisotopic (exact) mass is 264 g/mol. The molecule has 19 heavy (non-hydrogen) atoms. The third kappa shape index (κ3) is 6.59. The summed E-state index contributed by atoms with van der Waals surface area (Å²) in [5, 5.41) is 7.64. The van der Waals surface area contributed by atoms with Gasteiger partial charge in [0, 0.05) is 12.8 Å². The van der Waals surface area contributed by atoms with E-state index in [1.54, 1.807) is 0 Å². The first kappa shape index (κ1) is 17.9. The number of rotatable bonds is 4. The quantitative estimate of drug-likeness (QED) is 0.620. The number of hydrogen-bond acceptors (Lipinski definition) is 2. The van der Waals surface area contributed by atoms with Crippen LogP contribution in [0.5, 0.6) is 0 Å². The van der Waals surface area contributed by atoms with E-state index >= 15 is 0 Å². The molecule has 0 heterocycles. The maximum absolute atomic E-state index is 11.4. The molecule has 0 aromatic heterocycles. The summed E-state index contributed by atoms with van der Waals surface area (Å²) in [5.74, 6) is 3.01. The zero-order valence-electron chi connectivity index (χ0n) is 12.8. The van der Waals surface area contributed by atoms with Crippen molar-refractivity contribution in [2.75, 3.05) is 6.61 Å². The van der Waals surface area contributed by atoms with Crippen molar-refractivity contribution in [1.29, 1.82) is 0 Å². The third-order valence-corrected chi connectivity index (χ3v) is 3.95. The lowest BCUT2D eigenvalue weighted by molar-refractivity contribution is -0.119. The molecule has 0 radical (unpaired) electrons. The lowest BCUT2D eigenvalue weighted by Crippen LogP contribution is -2.28. The lowest BCUT2D eigenvalue weighted by atomic mass is 9.67. The molecule has 0 amide bonds. The average molecular weight is 264 g/mol. The van der Waals surface area contributed by atoms with Gasteiger partial charge in [-0.1, -0.05) is 38.3 Å². The van der Waals surface area contributed by atoms with Gasteiger partial charge in [0.15, 0.2) is 0 Å². The maximum Gasteiger partial charge on any atom is 0.132 e. The first-order valence-corrected chi connectivity index (χ1v) is 7.11. The summed E-state index contributed by atoms with van der Waals surface area (Å²) in [6.45, 7) is 8.70. The van der Waals surface area contributed by atoms with Crippen LogP contribution in [0.4, 0.5) is 0 Å². The highest BCUT2D eigenvalue weighted by molar-refractivity contribution is 5.77. The van der Waals surface area contributed by atoms with Crippen LogP contribution in [0.25, 0.3) is 0 Å². The number of ketones is 1. The van der Waals surface area contributed by atoms with Gasteiger partial charge < -0.3 is 5.11 Å². The molecule has 1 aliphatic carbocycles. The second kappa shape index (κ2) is 8.93. The van der Waals surface area contributed by atoms with Gasteiger partial charge in [-0.05, 0) is 37.5 Å². The van der Waals surface area contributed by atoms with Crippen LogP contribution in [0.3, 0.4) is 0 Å². The van der Waals surface area contributed by atoms with Crippen molar-refractivity contribution in [3.63, 3.8) is 0 Å². The molecule has 1 N–H and O–H groups in total. The number of terminal acetylenes is 1. The Morgan fingerprint density at radius 2 is 2.16 bits per heavy atom. The van der Waals surface area contributed by atoms with Crippen LogP contribution in [0.1, 0.15) is 59.8 Å². The van der Waals surface area contributed by atoms with E-state index in [2.05, 4.69) is 33.3 Å². The number of Topliss-reactive ketones (excluding diaryl/α,β-unsaturated/α-hetero) is 1. The van der Waals surface area contributed by atoms with Crippen molar-refractivity contribution in [2.24, 2.45) is 11.3 Å². The van der Waals surface area contributed by atoms with Crippen LogP contribution in [0.15, 0.2) is 11.6 Å². The second-order valence-corrected chi connectivity index (χ2v) is 5.82. The molecule has 0 aliphatic heterocycles. The summed E-state index contributed by atoms with van der Waals surface area (Å²) in [5.41, 5.74) is 1.88. The number of aliphatic hydroxyl groups is 1. The molecule has 108 valence electrons. The van der Waals surface area contributed by atoms with Crippen molar-refractivity contribution in [3.8, 4) is 12.3 Å². The predicted octanol–water partition coefficient (Wildman–Crippen LogP) is 3.74. The van der Waals surface area contributed by atoms with E-state index in [9.17, 15) is 4.79 Å². The van der Waals surface area contributed by atoms with Crippen LogP contribution in [0.2, 0.25) is 0 Å². The number of allylic oxidation sites excluding steroid dienone is 2. The van der Waals surface area contributed by atoms with Gasteiger partial charge in [0.05, 0.1) is 0 Å². The lowest BCUT2D eigenvalue weighted by Gasteiger charge is -2.38. The average Bonchev–Trinajstić information content (AvgIpc) is 2.37. The molecule has 0 saturated carbocycles. The minimum absolute atomic E-state index is 0.153. The SMILES string of the molecule is C#CCO.CCC(=O)CCC1C(C)=CCCC1(C)C. The Balaban J connectivity index is 0.000000711. The minimum Gasteiger partial charge on any atom is -0.384 e. The van der Waals surface area contributed by atoms with E-state index in [0.29, 0.717) is 23.5 Å². The Morgan fingerprint density at radius 3 is 2.58 bits per heavy atom. The minimum atomic E-state index is -0.153. The molecule has 0 fully saturated rings. The normalized spacial score (nSPS) is 20.6. The van der Waals surface area contributed by atoms with Crippen molar-refractivity contribution in [1.82, 2.24) is 0 Å². The fourth-order valence-corrected chi connectivity index (χ4v) is 2.71. The van der Waals surface area contributed by atoms with Crippen LogP contribution in [0, 0.1) is 23.7 Å². The van der Waals surface area contributed by atoms with Crippen LogP contribution in [-0.2, 0) is 4.79 Å². The highest BCUT2D eigenvalue weighted by atomic mass is 16.2. The van der Waals surface area contributed by atoms with Crippen LogP contribution in [-0.4, -0.2) is 17.5 Å². The first-order valence-electron chi connectivity index (χ1n) is 7.11. The van der Waals surface area contributed by atoms with Gasteiger partial charge in [0.25, 0.3) is 0 Å².